The molecule has 0 bridgehead atoms. The summed E-state index contributed by atoms with van der Waals surface area (Å²) >= 11 is 0. The van der Waals surface area contributed by atoms with Gasteiger partial charge in [0.1, 0.15) is 0 Å². The molecule has 0 aromatic heterocycles. The minimum absolute atomic E-state index is 0.120. The normalized spacial score (nSPS) is 9.40. The predicted molar refractivity (Wildman–Crippen MR) is 72.8 cm³/mol. The lowest BCUT2D eigenvalue weighted by Gasteiger charge is -1.97. The second-order valence-corrected chi connectivity index (χ2v) is 3.99. The predicted octanol–water partition coefficient (Wildman–Crippen LogP) is 2.48. The summed E-state index contributed by atoms with van der Waals surface area (Å²) < 4.78 is 0. The molecule has 0 aliphatic carbocycles. The fraction of sp³-hybridized carbons (Fsp3) is 0. The average Bonchev–Trinajstić information content (AvgIpc) is 2.45. The van der Waals surface area contributed by atoms with Crippen LogP contribution >= 0.6 is 0 Å². The van der Waals surface area contributed by atoms with Gasteiger partial charge in [0.2, 0.25) is 0 Å². The molecular formula is C16H10O4. The molecule has 4 heteroatoms. The zero-order chi connectivity index (χ0) is 14.5. The van der Waals surface area contributed by atoms with Gasteiger partial charge in [-0.25, -0.2) is 9.59 Å². The van der Waals surface area contributed by atoms with Crippen molar-refractivity contribution in [2.45, 2.75) is 0 Å². The largest absolute Gasteiger partial charge is 0.478 e. The molecule has 0 aliphatic rings. The average molecular weight is 266 g/mol. The fourth-order valence-corrected chi connectivity index (χ4v) is 1.65. The number of aromatic carboxylic acids is 2. The lowest BCUT2D eigenvalue weighted by Crippen LogP contribution is -1.99. The summed E-state index contributed by atoms with van der Waals surface area (Å²) in [4.78, 5) is 21.9. The van der Waals surface area contributed by atoms with E-state index < -0.39 is 11.9 Å². The zero-order valence-electron chi connectivity index (χ0n) is 10.3. The van der Waals surface area contributed by atoms with Crippen molar-refractivity contribution in [1.82, 2.24) is 0 Å². The van der Waals surface area contributed by atoms with Crippen molar-refractivity contribution in [2.75, 3.05) is 0 Å². The highest BCUT2D eigenvalue weighted by Crippen LogP contribution is 2.08. The molecule has 0 unspecified atom stereocenters. The maximum absolute atomic E-state index is 11.0. The number of carbonyl (C=O) groups is 2. The molecule has 20 heavy (non-hydrogen) atoms. The maximum Gasteiger partial charge on any atom is 0.336 e. The van der Waals surface area contributed by atoms with E-state index in [-0.39, 0.29) is 11.1 Å². The molecule has 2 aromatic carbocycles. The van der Waals surface area contributed by atoms with Gasteiger partial charge in [-0.05, 0) is 30.3 Å². The standard InChI is InChI=1S/C16H10O4/c17-15(18)13-6-3-4-11(10-13)8-9-12-5-1-2-7-14(12)16(19)20/h1-7,10H,(H,17,18)(H,19,20). The van der Waals surface area contributed by atoms with Gasteiger partial charge in [0.25, 0.3) is 0 Å². The summed E-state index contributed by atoms with van der Waals surface area (Å²) in [5.41, 5.74) is 1.17. The summed E-state index contributed by atoms with van der Waals surface area (Å²) in [6, 6.07) is 12.6. The van der Waals surface area contributed by atoms with E-state index in [9.17, 15) is 9.59 Å². The van der Waals surface area contributed by atoms with E-state index in [1.54, 1.807) is 30.3 Å². The maximum atomic E-state index is 11.0. The molecule has 0 saturated heterocycles. The van der Waals surface area contributed by atoms with Crippen LogP contribution in [0.2, 0.25) is 0 Å². The van der Waals surface area contributed by atoms with Gasteiger partial charge in [-0.1, -0.05) is 30.0 Å². The van der Waals surface area contributed by atoms with Crippen LogP contribution in [0, 0.1) is 11.8 Å². The molecule has 4 nitrogen and oxygen atoms in total. The first-order valence-corrected chi connectivity index (χ1v) is 5.75. The Morgan fingerprint density at radius 3 is 2.30 bits per heavy atom. The molecule has 2 rings (SSSR count). The highest BCUT2D eigenvalue weighted by Gasteiger charge is 2.06. The van der Waals surface area contributed by atoms with Crippen LogP contribution in [0.1, 0.15) is 31.8 Å². The number of benzene rings is 2. The molecule has 0 spiro atoms. The van der Waals surface area contributed by atoms with Crippen LogP contribution < -0.4 is 0 Å². The van der Waals surface area contributed by atoms with Crippen LogP contribution in [-0.2, 0) is 0 Å². The molecule has 2 N–H and O–H groups in total. The van der Waals surface area contributed by atoms with E-state index in [1.807, 2.05) is 0 Å². The van der Waals surface area contributed by atoms with E-state index in [0.29, 0.717) is 11.1 Å². The third-order valence-electron chi connectivity index (χ3n) is 2.61. The Bertz CT molecular complexity index is 735. The summed E-state index contributed by atoms with van der Waals surface area (Å²) in [5.74, 6) is 3.45. The minimum atomic E-state index is -1.05. The van der Waals surface area contributed by atoms with Crippen molar-refractivity contribution in [1.29, 1.82) is 0 Å². The van der Waals surface area contributed by atoms with E-state index >= 15 is 0 Å². The van der Waals surface area contributed by atoms with Crippen molar-refractivity contribution in [3.63, 3.8) is 0 Å². The van der Waals surface area contributed by atoms with E-state index in [4.69, 9.17) is 10.2 Å². The summed E-state index contributed by atoms with van der Waals surface area (Å²) in [7, 11) is 0. The molecule has 0 radical (unpaired) electrons. The number of rotatable bonds is 2. The Morgan fingerprint density at radius 2 is 1.60 bits per heavy atom. The van der Waals surface area contributed by atoms with Gasteiger partial charge in [0.15, 0.2) is 0 Å². The van der Waals surface area contributed by atoms with Crippen LogP contribution in [0.15, 0.2) is 48.5 Å². The summed E-state index contributed by atoms with van der Waals surface area (Å²) in [5, 5.41) is 17.9. The quantitative estimate of drug-likeness (QED) is 0.819. The Kier molecular flexibility index (Phi) is 3.82. The van der Waals surface area contributed by atoms with Gasteiger partial charge in [-0.3, -0.25) is 0 Å². The van der Waals surface area contributed by atoms with Gasteiger partial charge in [-0.2, -0.15) is 0 Å². The monoisotopic (exact) mass is 266 g/mol. The van der Waals surface area contributed by atoms with Gasteiger partial charge < -0.3 is 10.2 Å². The van der Waals surface area contributed by atoms with Crippen molar-refractivity contribution >= 4 is 11.9 Å². The molecule has 0 amide bonds. The lowest BCUT2D eigenvalue weighted by atomic mass is 10.1. The summed E-state index contributed by atoms with van der Waals surface area (Å²) in [6.45, 7) is 0. The van der Waals surface area contributed by atoms with Crippen LogP contribution in [0.3, 0.4) is 0 Å². The smallest absolute Gasteiger partial charge is 0.336 e. The first-order chi connectivity index (χ1) is 9.58. The van der Waals surface area contributed by atoms with E-state index in [1.165, 1.54) is 18.2 Å². The number of hydrogen-bond acceptors (Lipinski definition) is 2. The molecule has 0 heterocycles. The topological polar surface area (TPSA) is 74.6 Å². The minimum Gasteiger partial charge on any atom is -0.478 e. The highest BCUT2D eigenvalue weighted by molar-refractivity contribution is 5.91. The molecule has 0 saturated carbocycles. The van der Waals surface area contributed by atoms with Crippen LogP contribution in [0.5, 0.6) is 0 Å². The number of carboxylic acids is 2. The Morgan fingerprint density at radius 1 is 0.850 bits per heavy atom. The van der Waals surface area contributed by atoms with E-state index in [2.05, 4.69) is 11.8 Å². The fourth-order valence-electron chi connectivity index (χ4n) is 1.65. The van der Waals surface area contributed by atoms with Gasteiger partial charge >= 0.3 is 11.9 Å². The molecule has 0 fully saturated rings. The van der Waals surface area contributed by atoms with Crippen LogP contribution in [0.4, 0.5) is 0 Å². The summed E-state index contributed by atoms with van der Waals surface area (Å²) in [6.07, 6.45) is 0. The third-order valence-corrected chi connectivity index (χ3v) is 2.61. The number of carboxylic acid groups (broad SMARTS) is 2. The Hall–Kier alpha value is -3.06. The van der Waals surface area contributed by atoms with Crippen molar-refractivity contribution in [3.8, 4) is 11.8 Å². The SMILES string of the molecule is O=C(O)c1cccc(C#Cc2ccccc2C(=O)O)c1. The Balaban J connectivity index is 2.39. The lowest BCUT2D eigenvalue weighted by molar-refractivity contribution is 0.0686. The molecule has 98 valence electrons. The highest BCUT2D eigenvalue weighted by atomic mass is 16.4. The second kappa shape index (κ2) is 5.72. The van der Waals surface area contributed by atoms with Crippen molar-refractivity contribution < 1.29 is 19.8 Å². The van der Waals surface area contributed by atoms with Gasteiger partial charge in [0.05, 0.1) is 11.1 Å². The molecule has 0 atom stereocenters. The third kappa shape index (κ3) is 3.03. The van der Waals surface area contributed by atoms with Crippen molar-refractivity contribution in [2.24, 2.45) is 0 Å². The van der Waals surface area contributed by atoms with E-state index in [0.717, 1.165) is 0 Å². The Labute approximate surface area is 115 Å². The second-order valence-electron chi connectivity index (χ2n) is 3.99. The first-order valence-electron chi connectivity index (χ1n) is 5.75. The van der Waals surface area contributed by atoms with Crippen LogP contribution in [-0.4, -0.2) is 22.2 Å². The van der Waals surface area contributed by atoms with Gasteiger partial charge in [-0.15, -0.1) is 0 Å². The van der Waals surface area contributed by atoms with Crippen LogP contribution in [0.25, 0.3) is 0 Å². The van der Waals surface area contributed by atoms with Crippen molar-refractivity contribution in [3.05, 3.63) is 70.8 Å². The molecule has 2 aromatic rings. The molecular weight excluding hydrogens is 256 g/mol. The zero-order valence-corrected chi connectivity index (χ0v) is 10.3. The first kappa shape index (κ1) is 13.4. The molecule has 0 aliphatic heterocycles. The van der Waals surface area contributed by atoms with Gasteiger partial charge in [0, 0.05) is 11.1 Å². The number of hydrogen-bond donors (Lipinski definition) is 2.